The molecule has 1 fully saturated rings. The first-order valence-electron chi connectivity index (χ1n) is 10.2. The summed E-state index contributed by atoms with van der Waals surface area (Å²) in [5.74, 6) is -0.460. The molecule has 1 aliphatic heterocycles. The lowest BCUT2D eigenvalue weighted by atomic mass is 10.0. The number of ether oxygens (including phenoxy) is 1. The Kier molecular flexibility index (Phi) is 6.29. The minimum atomic E-state index is -4.41. The molecule has 0 spiro atoms. The van der Waals surface area contributed by atoms with Gasteiger partial charge in [0.25, 0.3) is 11.5 Å². The maximum Gasteiger partial charge on any atom is 0.416 e. The molecule has 1 unspecified atom stereocenters. The van der Waals surface area contributed by atoms with Gasteiger partial charge in [0.15, 0.2) is 0 Å². The average molecular weight is 445 g/mol. The summed E-state index contributed by atoms with van der Waals surface area (Å²) in [6.45, 7) is 2.36. The third kappa shape index (κ3) is 4.84. The van der Waals surface area contributed by atoms with Crippen molar-refractivity contribution in [1.29, 1.82) is 0 Å². The highest BCUT2D eigenvalue weighted by Crippen LogP contribution is 2.31. The van der Waals surface area contributed by atoms with Gasteiger partial charge in [0.1, 0.15) is 5.69 Å². The zero-order valence-electron chi connectivity index (χ0n) is 17.1. The second-order valence-electron chi connectivity index (χ2n) is 7.59. The SMILES string of the molecule is O=C(NCC(c1ccc(C(F)(F)F)cc1)N1CCOCC1)c1cc2ccccc2c(=O)[nH]1. The number of nitrogens with one attached hydrogen (secondary N) is 2. The quantitative estimate of drug-likeness (QED) is 0.632. The van der Waals surface area contributed by atoms with E-state index in [0.717, 1.165) is 12.1 Å². The number of rotatable bonds is 5. The Balaban J connectivity index is 1.55. The van der Waals surface area contributed by atoms with Crippen molar-refractivity contribution in [3.63, 3.8) is 0 Å². The van der Waals surface area contributed by atoms with Gasteiger partial charge in [0, 0.05) is 25.0 Å². The number of fused-ring (bicyclic) bond motifs is 1. The van der Waals surface area contributed by atoms with Gasteiger partial charge in [-0.15, -0.1) is 0 Å². The Hall–Kier alpha value is -3.17. The number of alkyl halides is 3. The summed E-state index contributed by atoms with van der Waals surface area (Å²) in [6.07, 6.45) is -4.41. The van der Waals surface area contributed by atoms with Crippen molar-refractivity contribution in [3.8, 4) is 0 Å². The highest BCUT2D eigenvalue weighted by atomic mass is 19.4. The molecule has 6 nitrogen and oxygen atoms in total. The Morgan fingerprint density at radius 3 is 2.47 bits per heavy atom. The lowest BCUT2D eigenvalue weighted by Gasteiger charge is -2.35. The van der Waals surface area contributed by atoms with Crippen LogP contribution in [-0.4, -0.2) is 48.6 Å². The van der Waals surface area contributed by atoms with Crippen LogP contribution in [0.3, 0.4) is 0 Å². The van der Waals surface area contributed by atoms with Crippen molar-refractivity contribution in [2.24, 2.45) is 0 Å². The van der Waals surface area contributed by atoms with E-state index in [-0.39, 0.29) is 23.8 Å². The van der Waals surface area contributed by atoms with Gasteiger partial charge in [-0.25, -0.2) is 0 Å². The van der Waals surface area contributed by atoms with Crippen molar-refractivity contribution < 1.29 is 22.7 Å². The highest BCUT2D eigenvalue weighted by molar-refractivity contribution is 5.96. The number of benzene rings is 2. The molecule has 1 amide bonds. The van der Waals surface area contributed by atoms with Gasteiger partial charge in [0.05, 0.1) is 24.8 Å². The number of carbonyl (C=O) groups excluding carboxylic acids is 1. The molecule has 3 aromatic rings. The van der Waals surface area contributed by atoms with Crippen LogP contribution in [0.25, 0.3) is 10.8 Å². The minimum Gasteiger partial charge on any atom is -0.379 e. The van der Waals surface area contributed by atoms with Gasteiger partial charge in [-0.2, -0.15) is 13.2 Å². The van der Waals surface area contributed by atoms with Crippen LogP contribution in [-0.2, 0) is 10.9 Å². The summed E-state index contributed by atoms with van der Waals surface area (Å²) in [5.41, 5.74) is -0.297. The van der Waals surface area contributed by atoms with E-state index in [1.807, 2.05) is 0 Å². The topological polar surface area (TPSA) is 74.4 Å². The summed E-state index contributed by atoms with van der Waals surface area (Å²) in [6, 6.07) is 13.2. The molecule has 168 valence electrons. The average Bonchev–Trinajstić information content (AvgIpc) is 2.79. The van der Waals surface area contributed by atoms with Crippen molar-refractivity contribution in [2.45, 2.75) is 12.2 Å². The fourth-order valence-electron chi connectivity index (χ4n) is 3.86. The Morgan fingerprint density at radius 2 is 1.78 bits per heavy atom. The molecule has 2 aromatic carbocycles. The van der Waals surface area contributed by atoms with E-state index in [2.05, 4.69) is 15.2 Å². The molecule has 0 aliphatic carbocycles. The number of halogens is 3. The van der Waals surface area contributed by atoms with Gasteiger partial charge >= 0.3 is 6.18 Å². The second-order valence-corrected chi connectivity index (χ2v) is 7.59. The molecule has 0 bridgehead atoms. The van der Waals surface area contributed by atoms with E-state index < -0.39 is 17.6 Å². The first-order chi connectivity index (χ1) is 15.3. The maximum absolute atomic E-state index is 12.9. The highest BCUT2D eigenvalue weighted by Gasteiger charge is 2.31. The lowest BCUT2D eigenvalue weighted by molar-refractivity contribution is -0.137. The number of pyridine rings is 1. The summed E-state index contributed by atoms with van der Waals surface area (Å²) in [5, 5.41) is 3.95. The summed E-state index contributed by atoms with van der Waals surface area (Å²) < 4.78 is 44.2. The summed E-state index contributed by atoms with van der Waals surface area (Å²) in [4.78, 5) is 29.7. The first kappa shape index (κ1) is 22.0. The molecule has 0 radical (unpaired) electrons. The van der Waals surface area contributed by atoms with Crippen molar-refractivity contribution in [1.82, 2.24) is 15.2 Å². The number of H-pyrrole nitrogens is 1. The van der Waals surface area contributed by atoms with Crippen LogP contribution in [0.1, 0.15) is 27.7 Å². The molecule has 9 heteroatoms. The molecule has 32 heavy (non-hydrogen) atoms. The number of carbonyl (C=O) groups is 1. The second kappa shape index (κ2) is 9.13. The monoisotopic (exact) mass is 445 g/mol. The van der Waals surface area contributed by atoms with E-state index >= 15 is 0 Å². The van der Waals surface area contributed by atoms with E-state index in [4.69, 9.17) is 4.74 Å². The zero-order valence-corrected chi connectivity index (χ0v) is 17.1. The van der Waals surface area contributed by atoms with Crippen molar-refractivity contribution in [3.05, 3.63) is 81.8 Å². The van der Waals surface area contributed by atoms with E-state index in [9.17, 15) is 22.8 Å². The van der Waals surface area contributed by atoms with Crippen LogP contribution in [0.15, 0.2) is 59.4 Å². The van der Waals surface area contributed by atoms with Gasteiger partial charge in [0.2, 0.25) is 0 Å². The molecule has 2 heterocycles. The first-order valence-corrected chi connectivity index (χ1v) is 10.2. The third-order valence-corrected chi connectivity index (χ3v) is 5.56. The Labute approximate surface area is 182 Å². The summed E-state index contributed by atoms with van der Waals surface area (Å²) in [7, 11) is 0. The van der Waals surface area contributed by atoms with Crippen molar-refractivity contribution in [2.75, 3.05) is 32.8 Å². The molecule has 1 aromatic heterocycles. The molecule has 1 atom stereocenters. The number of hydrogen-bond acceptors (Lipinski definition) is 4. The Morgan fingerprint density at radius 1 is 1.09 bits per heavy atom. The minimum absolute atomic E-state index is 0.127. The lowest BCUT2D eigenvalue weighted by Crippen LogP contribution is -2.44. The zero-order chi connectivity index (χ0) is 22.7. The van der Waals surface area contributed by atoms with Gasteiger partial charge < -0.3 is 15.0 Å². The predicted octanol–water partition coefficient (Wildman–Crippen LogP) is 3.35. The molecule has 0 saturated carbocycles. The van der Waals surface area contributed by atoms with E-state index in [1.165, 1.54) is 12.1 Å². The summed E-state index contributed by atoms with van der Waals surface area (Å²) >= 11 is 0. The molecule has 1 saturated heterocycles. The normalized spacial score (nSPS) is 16.1. The molecule has 1 aliphatic rings. The molecule has 2 N–H and O–H groups in total. The number of aromatic amines is 1. The standard InChI is InChI=1S/C23H22F3N3O3/c24-23(25,26)17-7-5-15(6-8-17)20(29-9-11-32-12-10-29)14-27-22(31)19-13-16-3-1-2-4-18(16)21(30)28-19/h1-8,13,20H,9-12,14H2,(H,27,31)(H,28,30). The van der Waals surface area contributed by atoms with Crippen LogP contribution in [0.2, 0.25) is 0 Å². The van der Waals surface area contributed by atoms with Gasteiger partial charge in [-0.05, 0) is 35.2 Å². The number of amides is 1. The van der Waals surface area contributed by atoms with E-state index in [0.29, 0.717) is 42.6 Å². The van der Waals surface area contributed by atoms with E-state index in [1.54, 1.807) is 30.3 Å². The van der Waals surface area contributed by atoms with Crippen LogP contribution >= 0.6 is 0 Å². The largest absolute Gasteiger partial charge is 0.416 e. The van der Waals surface area contributed by atoms with Crippen molar-refractivity contribution >= 4 is 16.7 Å². The van der Waals surface area contributed by atoms with Crippen LogP contribution in [0.5, 0.6) is 0 Å². The van der Waals surface area contributed by atoms with Gasteiger partial charge in [-0.1, -0.05) is 30.3 Å². The fourth-order valence-corrected chi connectivity index (χ4v) is 3.86. The molecule has 4 rings (SSSR count). The smallest absolute Gasteiger partial charge is 0.379 e. The maximum atomic E-state index is 12.9. The van der Waals surface area contributed by atoms with Crippen LogP contribution in [0, 0.1) is 0 Å². The predicted molar refractivity (Wildman–Crippen MR) is 113 cm³/mol. The number of aromatic nitrogens is 1. The van der Waals surface area contributed by atoms with Crippen LogP contribution in [0.4, 0.5) is 13.2 Å². The number of hydrogen-bond donors (Lipinski definition) is 2. The third-order valence-electron chi connectivity index (χ3n) is 5.56. The van der Waals surface area contributed by atoms with Gasteiger partial charge in [-0.3, -0.25) is 14.5 Å². The fraction of sp³-hybridized carbons (Fsp3) is 0.304. The molecular weight excluding hydrogens is 423 g/mol. The Bertz CT molecular complexity index is 1150. The van der Waals surface area contributed by atoms with Crippen LogP contribution < -0.4 is 10.9 Å². The number of nitrogens with zero attached hydrogens (tertiary/aromatic N) is 1. The molecular formula is C23H22F3N3O3. The number of morpholine rings is 1.